The van der Waals surface area contributed by atoms with Crippen LogP contribution in [0.3, 0.4) is 0 Å². The maximum absolute atomic E-state index is 17.2. The Kier molecular flexibility index (Phi) is 11.0. The van der Waals surface area contributed by atoms with Gasteiger partial charge in [0.2, 0.25) is 0 Å². The van der Waals surface area contributed by atoms with Gasteiger partial charge in [0.25, 0.3) is 0 Å². The Morgan fingerprint density at radius 3 is 2.57 bits per heavy atom. The first-order valence-electron chi connectivity index (χ1n) is 17.9. The van der Waals surface area contributed by atoms with Gasteiger partial charge in [-0.3, -0.25) is 15.3 Å². The summed E-state index contributed by atoms with van der Waals surface area (Å²) in [5.41, 5.74) is 2.60. The fourth-order valence-electron chi connectivity index (χ4n) is 8.09. The van der Waals surface area contributed by atoms with Gasteiger partial charge in [0, 0.05) is 36.9 Å². The van der Waals surface area contributed by atoms with Crippen molar-refractivity contribution in [1.29, 1.82) is 5.41 Å². The summed E-state index contributed by atoms with van der Waals surface area (Å²) in [5.74, 6) is -1.85. The summed E-state index contributed by atoms with van der Waals surface area (Å²) in [5, 5.41) is 16.1. The summed E-state index contributed by atoms with van der Waals surface area (Å²) in [4.78, 5) is 13.4. The second kappa shape index (κ2) is 15.4. The van der Waals surface area contributed by atoms with Crippen LogP contribution >= 0.6 is 0 Å². The van der Waals surface area contributed by atoms with E-state index in [9.17, 15) is 0 Å². The Hall–Kier alpha value is -4.48. The second-order valence-corrected chi connectivity index (χ2v) is 13.7. The Morgan fingerprint density at radius 2 is 1.86 bits per heavy atom. The number of halogens is 3. The lowest BCUT2D eigenvalue weighted by Gasteiger charge is -2.31. The van der Waals surface area contributed by atoms with Crippen LogP contribution in [0.15, 0.2) is 93.0 Å². The molecule has 270 valence electrons. The van der Waals surface area contributed by atoms with Gasteiger partial charge in [-0.15, -0.1) is 0 Å². The monoisotopic (exact) mass is 699 g/mol. The van der Waals surface area contributed by atoms with Gasteiger partial charge in [0.15, 0.2) is 5.83 Å². The molecular formula is C40H48F3N7O. The number of benzene rings is 2. The van der Waals surface area contributed by atoms with E-state index in [4.69, 9.17) is 10.1 Å². The topological polar surface area (TPSA) is 88.3 Å². The van der Waals surface area contributed by atoms with Gasteiger partial charge in [0.1, 0.15) is 29.9 Å². The molecule has 0 aromatic heterocycles. The summed E-state index contributed by atoms with van der Waals surface area (Å²) < 4.78 is 55.1. The quantitative estimate of drug-likeness (QED) is 0.169. The highest BCUT2D eigenvalue weighted by molar-refractivity contribution is 6.21. The lowest BCUT2D eigenvalue weighted by Crippen LogP contribution is -2.42. The maximum Gasteiger partial charge on any atom is 0.159 e. The third-order valence-corrected chi connectivity index (χ3v) is 10.8. The van der Waals surface area contributed by atoms with E-state index < -0.39 is 17.5 Å². The first-order chi connectivity index (χ1) is 24.6. The molecule has 0 bridgehead atoms. The van der Waals surface area contributed by atoms with Crippen LogP contribution in [-0.2, 0) is 11.2 Å². The van der Waals surface area contributed by atoms with E-state index in [1.165, 1.54) is 12.1 Å². The van der Waals surface area contributed by atoms with Crippen molar-refractivity contribution >= 4 is 34.5 Å². The molecule has 4 aliphatic rings. The zero-order valence-corrected chi connectivity index (χ0v) is 29.9. The van der Waals surface area contributed by atoms with Gasteiger partial charge in [-0.25, -0.2) is 18.2 Å². The number of ether oxygens (including phenoxy) is 1. The molecule has 2 aromatic rings. The lowest BCUT2D eigenvalue weighted by molar-refractivity contribution is 0.0391. The van der Waals surface area contributed by atoms with Crippen molar-refractivity contribution < 1.29 is 17.9 Å². The molecule has 0 spiro atoms. The van der Waals surface area contributed by atoms with Gasteiger partial charge in [-0.05, 0) is 105 Å². The molecule has 1 aliphatic carbocycles. The number of aryl methyl sites for hydroxylation is 1. The van der Waals surface area contributed by atoms with E-state index in [1.807, 2.05) is 24.8 Å². The molecule has 8 nitrogen and oxygen atoms in total. The van der Waals surface area contributed by atoms with Crippen LogP contribution in [0.5, 0.6) is 0 Å². The Morgan fingerprint density at radius 1 is 1.10 bits per heavy atom. The Bertz CT molecular complexity index is 1900. The van der Waals surface area contributed by atoms with Crippen LogP contribution in [0.25, 0.3) is 16.3 Å². The second-order valence-electron chi connectivity index (χ2n) is 13.7. The zero-order chi connectivity index (χ0) is 36.3. The molecule has 3 heterocycles. The van der Waals surface area contributed by atoms with Crippen molar-refractivity contribution in [1.82, 2.24) is 20.4 Å². The van der Waals surface area contributed by atoms with E-state index in [0.717, 1.165) is 44.5 Å². The fraction of sp³-hybridized carbons (Fsp3) is 0.425. The molecule has 0 amide bonds. The van der Waals surface area contributed by atoms with E-state index in [1.54, 1.807) is 25.2 Å². The molecule has 0 atom stereocenters. The predicted molar refractivity (Wildman–Crippen MR) is 201 cm³/mol. The summed E-state index contributed by atoms with van der Waals surface area (Å²) in [6.07, 6.45) is 6.67. The van der Waals surface area contributed by atoms with Crippen LogP contribution in [0.2, 0.25) is 0 Å². The van der Waals surface area contributed by atoms with Gasteiger partial charge in [-0.2, -0.15) is 0 Å². The number of aliphatic imine (C=N–C) groups is 2. The number of fused-ring (bicyclic) bond motifs is 2. The average molecular weight is 700 g/mol. The number of hydrogen-bond donors (Lipinski definition) is 3. The van der Waals surface area contributed by atoms with E-state index in [0.29, 0.717) is 66.7 Å². The molecule has 0 unspecified atom stereocenters. The van der Waals surface area contributed by atoms with Crippen molar-refractivity contribution in [2.75, 3.05) is 53.1 Å². The molecule has 2 aromatic carbocycles. The highest BCUT2D eigenvalue weighted by atomic mass is 19.1. The first kappa shape index (κ1) is 36.3. The predicted octanol–water partition coefficient (Wildman–Crippen LogP) is 7.37. The molecule has 0 radical (unpaired) electrons. The average Bonchev–Trinajstić information content (AvgIpc) is 3.62. The highest BCUT2D eigenvalue weighted by Gasteiger charge is 2.44. The largest absolute Gasteiger partial charge is 0.387 e. The third kappa shape index (κ3) is 6.93. The molecule has 51 heavy (non-hydrogen) atoms. The van der Waals surface area contributed by atoms with Gasteiger partial charge in [-0.1, -0.05) is 37.8 Å². The standard InChI is InChI=1S/C40H48F3N7O/c1-6-28-31(41)14-13-27-11-7-12-29(34(27)28)35-32(42)21-30(38(36(35)43)48-24-51-23-40-15-8-19-50(40)20-9-16-40)39(46-5)49-18-10-17-47-33(22-49)25(2)37(44)26(3)45-4/h7,11-14,21,44-45,47H,3,5-6,8-10,15-20,22-24H2,1-2,4H3/b33-25-,39-30+,44-37?,48-38+. The SMILES string of the molecule is C=N/C(=C1/C=C(F)C(c2cccc3ccc(F)c(CC)c23)=C(F)/C1=N/COCC12CCCN1CCC2)N1CCCN/C(=C(/C)C(=N)C(=C)NC)C1. The van der Waals surface area contributed by atoms with E-state index in [2.05, 4.69) is 38.8 Å². The van der Waals surface area contributed by atoms with E-state index >= 15 is 13.2 Å². The van der Waals surface area contributed by atoms with Gasteiger partial charge in [0.05, 0.1) is 30.1 Å². The van der Waals surface area contributed by atoms with Crippen LogP contribution in [0.4, 0.5) is 13.2 Å². The Balaban J connectivity index is 1.45. The minimum atomic E-state index is -0.873. The number of nitrogens with zero attached hydrogens (tertiary/aromatic N) is 4. The van der Waals surface area contributed by atoms with Crippen molar-refractivity contribution in [3.63, 3.8) is 0 Å². The maximum atomic E-state index is 17.2. The molecule has 6 rings (SSSR count). The number of nitrogens with one attached hydrogen (secondary N) is 3. The fourth-order valence-corrected chi connectivity index (χ4v) is 8.09. The molecule has 0 saturated carbocycles. The van der Waals surface area contributed by atoms with Crippen LogP contribution < -0.4 is 10.6 Å². The van der Waals surface area contributed by atoms with Crippen molar-refractivity contribution in [3.05, 3.63) is 99.9 Å². The first-order valence-corrected chi connectivity index (χ1v) is 17.9. The summed E-state index contributed by atoms with van der Waals surface area (Å²) in [6.45, 7) is 15.3. The minimum absolute atomic E-state index is 0.0135. The van der Waals surface area contributed by atoms with Crippen LogP contribution in [-0.4, -0.2) is 86.6 Å². The summed E-state index contributed by atoms with van der Waals surface area (Å²) in [6, 6.07) is 8.18. The number of hydrogen-bond acceptors (Lipinski definition) is 8. The third-order valence-electron chi connectivity index (χ3n) is 10.8. The minimum Gasteiger partial charge on any atom is -0.387 e. The Labute approximate surface area is 298 Å². The molecule has 3 N–H and O–H groups in total. The molecule has 11 heteroatoms. The van der Waals surface area contributed by atoms with Crippen molar-refractivity contribution in [2.24, 2.45) is 9.98 Å². The lowest BCUT2D eigenvalue weighted by atomic mass is 9.88. The normalized spacial score (nSPS) is 22.0. The van der Waals surface area contributed by atoms with Crippen LogP contribution in [0.1, 0.15) is 57.1 Å². The summed E-state index contributed by atoms with van der Waals surface area (Å²) in [7, 11) is 1.71. The van der Waals surface area contributed by atoms with Gasteiger partial charge >= 0.3 is 0 Å². The molecular weight excluding hydrogens is 651 g/mol. The zero-order valence-electron chi connectivity index (χ0n) is 29.9. The number of rotatable bonds is 11. The summed E-state index contributed by atoms with van der Waals surface area (Å²) >= 11 is 0. The van der Waals surface area contributed by atoms with Gasteiger partial charge < -0.3 is 20.3 Å². The molecule has 3 aliphatic heterocycles. The molecule has 3 saturated heterocycles. The van der Waals surface area contributed by atoms with E-state index in [-0.39, 0.29) is 46.2 Å². The van der Waals surface area contributed by atoms with Crippen molar-refractivity contribution in [3.8, 4) is 0 Å². The highest BCUT2D eigenvalue weighted by Crippen LogP contribution is 2.42. The van der Waals surface area contributed by atoms with Crippen LogP contribution in [0, 0.1) is 11.2 Å². The molecule has 3 fully saturated rings. The number of allylic oxidation sites excluding steroid dienone is 6. The smallest absolute Gasteiger partial charge is 0.159 e. The van der Waals surface area contributed by atoms with Crippen molar-refractivity contribution in [2.45, 2.75) is 57.9 Å².